The van der Waals surface area contributed by atoms with Crippen molar-refractivity contribution in [1.82, 2.24) is 25.1 Å². The van der Waals surface area contributed by atoms with Crippen molar-refractivity contribution >= 4 is 22.8 Å². The maximum Gasteiger partial charge on any atom is 0.222 e. The first-order chi connectivity index (χ1) is 18.0. The van der Waals surface area contributed by atoms with E-state index >= 15 is 0 Å². The molecule has 3 aromatic rings. The Hall–Kier alpha value is -2.99. The number of ether oxygens (including phenoxy) is 2. The SMILES string of the molecule is CCCCN(CCO)c1nc(N)nc2cn(Cc3ccc(CNC4(CO)CCOCC4)cc3OC)nc12. The highest BCUT2D eigenvalue weighted by Gasteiger charge is 2.31. The molecule has 0 unspecified atom stereocenters. The first-order valence-electron chi connectivity index (χ1n) is 13.0. The number of aliphatic hydroxyl groups is 2. The van der Waals surface area contributed by atoms with Crippen LogP contribution in [0.25, 0.3) is 11.0 Å². The number of fused-ring (bicyclic) bond motifs is 1. The van der Waals surface area contributed by atoms with Crippen molar-refractivity contribution < 1.29 is 19.7 Å². The summed E-state index contributed by atoms with van der Waals surface area (Å²) < 4.78 is 13.0. The van der Waals surface area contributed by atoms with Gasteiger partial charge in [-0.25, -0.2) is 4.98 Å². The predicted molar refractivity (Wildman–Crippen MR) is 143 cm³/mol. The summed E-state index contributed by atoms with van der Waals surface area (Å²) >= 11 is 0. The molecular weight excluding hydrogens is 474 g/mol. The van der Waals surface area contributed by atoms with Crippen molar-refractivity contribution in [3.63, 3.8) is 0 Å². The van der Waals surface area contributed by atoms with E-state index in [1.165, 1.54) is 0 Å². The van der Waals surface area contributed by atoms with E-state index in [-0.39, 0.29) is 24.7 Å². The summed E-state index contributed by atoms with van der Waals surface area (Å²) in [5.41, 5.74) is 9.07. The summed E-state index contributed by atoms with van der Waals surface area (Å²) in [4.78, 5) is 10.9. The van der Waals surface area contributed by atoms with Gasteiger partial charge in [0.2, 0.25) is 5.95 Å². The molecule has 11 heteroatoms. The number of nitrogens with two attached hydrogens (primary N) is 1. The number of benzene rings is 1. The van der Waals surface area contributed by atoms with Gasteiger partial charge in [0, 0.05) is 44.0 Å². The molecule has 2 aromatic heterocycles. The quantitative estimate of drug-likeness (QED) is 0.266. The van der Waals surface area contributed by atoms with Crippen LogP contribution in [0.3, 0.4) is 0 Å². The molecule has 11 nitrogen and oxygen atoms in total. The van der Waals surface area contributed by atoms with Crippen LogP contribution in [-0.4, -0.2) is 82.1 Å². The molecule has 5 N–H and O–H groups in total. The monoisotopic (exact) mass is 513 g/mol. The third-order valence-electron chi connectivity index (χ3n) is 6.96. The molecule has 37 heavy (non-hydrogen) atoms. The van der Waals surface area contributed by atoms with Crippen LogP contribution in [-0.2, 0) is 17.8 Å². The molecule has 202 valence electrons. The van der Waals surface area contributed by atoms with E-state index in [1.807, 2.05) is 27.9 Å². The minimum absolute atomic E-state index is 0.0153. The van der Waals surface area contributed by atoms with E-state index in [0.29, 0.717) is 49.7 Å². The minimum atomic E-state index is -0.305. The smallest absolute Gasteiger partial charge is 0.222 e. The maximum absolute atomic E-state index is 9.95. The number of hydrogen-bond donors (Lipinski definition) is 4. The van der Waals surface area contributed by atoms with Gasteiger partial charge in [-0.2, -0.15) is 10.1 Å². The number of nitrogen functional groups attached to an aromatic ring is 1. The summed E-state index contributed by atoms with van der Waals surface area (Å²) in [5.74, 6) is 1.59. The van der Waals surface area contributed by atoms with Gasteiger partial charge >= 0.3 is 0 Å². The van der Waals surface area contributed by atoms with Crippen LogP contribution in [0.2, 0.25) is 0 Å². The van der Waals surface area contributed by atoms with Crippen molar-refractivity contribution in [3.05, 3.63) is 35.5 Å². The second-order valence-electron chi connectivity index (χ2n) is 9.58. The average molecular weight is 514 g/mol. The second-order valence-corrected chi connectivity index (χ2v) is 9.58. The van der Waals surface area contributed by atoms with Crippen LogP contribution in [0.5, 0.6) is 5.75 Å². The van der Waals surface area contributed by atoms with Gasteiger partial charge in [-0.1, -0.05) is 25.5 Å². The van der Waals surface area contributed by atoms with Crippen molar-refractivity contribution in [1.29, 1.82) is 0 Å². The number of methoxy groups -OCH3 is 1. The first-order valence-corrected chi connectivity index (χ1v) is 13.0. The minimum Gasteiger partial charge on any atom is -0.496 e. The maximum atomic E-state index is 9.95. The Balaban J connectivity index is 1.54. The van der Waals surface area contributed by atoms with E-state index in [1.54, 1.807) is 7.11 Å². The predicted octanol–water partition coefficient (Wildman–Crippen LogP) is 1.70. The van der Waals surface area contributed by atoms with Gasteiger partial charge in [0.15, 0.2) is 11.3 Å². The second kappa shape index (κ2) is 12.5. The van der Waals surface area contributed by atoms with Crippen molar-refractivity contribution in [2.75, 3.05) is 57.3 Å². The molecule has 1 saturated heterocycles. The van der Waals surface area contributed by atoms with Crippen LogP contribution in [0.1, 0.15) is 43.7 Å². The fraction of sp³-hybridized carbons (Fsp3) is 0.577. The number of anilines is 2. The van der Waals surface area contributed by atoms with Gasteiger partial charge in [-0.15, -0.1) is 0 Å². The molecule has 3 heterocycles. The highest BCUT2D eigenvalue weighted by atomic mass is 16.5. The Labute approximate surface area is 217 Å². The number of aromatic nitrogens is 4. The Bertz CT molecular complexity index is 1160. The lowest BCUT2D eigenvalue weighted by Gasteiger charge is -2.36. The number of rotatable bonds is 13. The molecule has 4 rings (SSSR count). The lowest BCUT2D eigenvalue weighted by Crippen LogP contribution is -2.51. The molecule has 0 saturated carbocycles. The third-order valence-corrected chi connectivity index (χ3v) is 6.96. The van der Waals surface area contributed by atoms with Gasteiger partial charge in [0.05, 0.1) is 33.1 Å². The van der Waals surface area contributed by atoms with E-state index in [4.69, 9.17) is 20.3 Å². The third kappa shape index (κ3) is 6.48. The summed E-state index contributed by atoms with van der Waals surface area (Å²) in [6.45, 7) is 5.85. The summed E-state index contributed by atoms with van der Waals surface area (Å²) in [6, 6.07) is 6.13. The van der Waals surface area contributed by atoms with Crippen LogP contribution >= 0.6 is 0 Å². The molecule has 0 aliphatic carbocycles. The van der Waals surface area contributed by atoms with Crippen LogP contribution in [0.4, 0.5) is 11.8 Å². The lowest BCUT2D eigenvalue weighted by molar-refractivity contribution is 0.0111. The van der Waals surface area contributed by atoms with E-state index in [9.17, 15) is 10.2 Å². The standard InChI is InChI=1S/C26H39N7O4/c1-3-4-9-32(10-11-34)24-23-21(29-25(27)30-24)17-33(31-23)16-20-6-5-19(14-22(20)36-2)15-28-26(18-35)7-12-37-13-8-26/h5-6,14,17,28,34-35H,3-4,7-13,15-16,18H2,1-2H3,(H2,27,29). The average Bonchev–Trinajstić information content (AvgIpc) is 3.32. The van der Waals surface area contributed by atoms with Gasteiger partial charge < -0.3 is 35.6 Å². The summed E-state index contributed by atoms with van der Waals surface area (Å²) in [7, 11) is 1.66. The Kier molecular flexibility index (Phi) is 9.14. The van der Waals surface area contributed by atoms with Gasteiger partial charge in [0.1, 0.15) is 11.3 Å². The number of nitrogens with one attached hydrogen (secondary N) is 1. The summed E-state index contributed by atoms with van der Waals surface area (Å²) in [5, 5.41) is 27.8. The van der Waals surface area contributed by atoms with Gasteiger partial charge in [-0.3, -0.25) is 4.68 Å². The summed E-state index contributed by atoms with van der Waals surface area (Å²) in [6.07, 6.45) is 5.43. The fourth-order valence-electron chi connectivity index (χ4n) is 4.70. The lowest BCUT2D eigenvalue weighted by atomic mass is 9.90. The fourth-order valence-corrected chi connectivity index (χ4v) is 4.70. The molecule has 0 spiro atoms. The highest BCUT2D eigenvalue weighted by molar-refractivity contribution is 5.86. The van der Waals surface area contributed by atoms with Gasteiger partial charge in [0.25, 0.3) is 0 Å². The first kappa shape index (κ1) is 27.1. The molecule has 0 amide bonds. The molecule has 0 atom stereocenters. The number of hydrogen-bond acceptors (Lipinski definition) is 10. The number of aliphatic hydroxyl groups excluding tert-OH is 2. The van der Waals surface area contributed by atoms with E-state index in [2.05, 4.69) is 28.3 Å². The number of unbranched alkanes of at least 4 members (excludes halogenated alkanes) is 1. The molecule has 0 bridgehead atoms. The Morgan fingerprint density at radius 2 is 2.03 bits per heavy atom. The largest absolute Gasteiger partial charge is 0.496 e. The molecule has 1 aliphatic rings. The highest BCUT2D eigenvalue weighted by Crippen LogP contribution is 2.27. The molecule has 1 aromatic carbocycles. The van der Waals surface area contributed by atoms with E-state index in [0.717, 1.165) is 49.1 Å². The van der Waals surface area contributed by atoms with Crippen LogP contribution in [0, 0.1) is 0 Å². The van der Waals surface area contributed by atoms with Crippen molar-refractivity contribution in [3.8, 4) is 5.75 Å². The topological polar surface area (TPSA) is 144 Å². The zero-order valence-electron chi connectivity index (χ0n) is 21.8. The zero-order valence-corrected chi connectivity index (χ0v) is 21.8. The molecule has 0 radical (unpaired) electrons. The Morgan fingerprint density at radius 1 is 1.22 bits per heavy atom. The normalized spacial score (nSPS) is 15.2. The number of nitrogens with zero attached hydrogens (tertiary/aromatic N) is 5. The zero-order chi connectivity index (χ0) is 26.3. The molecular formula is C26H39N7O4. The van der Waals surface area contributed by atoms with Crippen molar-refractivity contribution in [2.45, 2.75) is 51.2 Å². The molecule has 1 fully saturated rings. The van der Waals surface area contributed by atoms with E-state index < -0.39 is 0 Å². The van der Waals surface area contributed by atoms with Crippen molar-refractivity contribution in [2.24, 2.45) is 0 Å². The van der Waals surface area contributed by atoms with Gasteiger partial charge in [-0.05, 0) is 30.9 Å². The molecule has 1 aliphatic heterocycles. The van der Waals surface area contributed by atoms with Crippen LogP contribution < -0.4 is 20.7 Å². The Morgan fingerprint density at radius 3 is 2.73 bits per heavy atom. The van der Waals surface area contributed by atoms with Crippen LogP contribution in [0.15, 0.2) is 24.4 Å².